The van der Waals surface area contributed by atoms with Gasteiger partial charge in [-0.05, 0) is 85.2 Å². The van der Waals surface area contributed by atoms with Crippen molar-refractivity contribution in [2.24, 2.45) is 0 Å². The molecule has 254 valence electrons. The van der Waals surface area contributed by atoms with Gasteiger partial charge in [-0.3, -0.25) is 9.59 Å². The molecule has 1 amide bonds. The van der Waals surface area contributed by atoms with Gasteiger partial charge in [-0.25, -0.2) is 4.39 Å². The van der Waals surface area contributed by atoms with Crippen LogP contribution in [-0.2, 0) is 42.6 Å². The van der Waals surface area contributed by atoms with Crippen molar-refractivity contribution in [1.29, 1.82) is 0 Å². The summed E-state index contributed by atoms with van der Waals surface area (Å²) in [6.07, 6.45) is -4.14. The summed E-state index contributed by atoms with van der Waals surface area (Å²) < 4.78 is 171. The fraction of sp³-hybridized carbons (Fsp3) is 0.378. The number of hydrogen-bond acceptors (Lipinski definition) is 5. The number of amides is 1. The topological polar surface area (TPSA) is 58.4 Å². The van der Waals surface area contributed by atoms with Gasteiger partial charge in [0, 0.05) is 39.3 Å². The average Bonchev–Trinajstić information content (AvgIpc) is 3.64. The highest BCUT2D eigenvalue weighted by Crippen LogP contribution is 2.34. The first kappa shape index (κ1) is 21.9. The van der Waals surface area contributed by atoms with Crippen LogP contribution < -0.4 is 5.56 Å². The van der Waals surface area contributed by atoms with E-state index < -0.39 is 126 Å². The van der Waals surface area contributed by atoms with Crippen LogP contribution in [0, 0.1) is 12.7 Å². The molecule has 0 N–H and O–H groups in total. The van der Waals surface area contributed by atoms with Crippen LogP contribution in [0.1, 0.15) is 71.6 Å². The Morgan fingerprint density at radius 2 is 1.75 bits per heavy atom. The standard InChI is InChI=1S/C37H40F4N4O2S/c1-4-43(5-2)19-20-44(22-26-9-13-28(14-10-26)29-15-18-32(25(3)21-29)37(39,40)41)34(46)23-45-33-8-6-7-31(33)35(47)42-36(45)48-24-27-11-16-30(38)17-12-27/h9-18,21H,4-8,19-20,22-24H2,1-3H3/i4D2,9D,10D,13D,14D,15D,18D,20D2,21D,22D2. The van der Waals surface area contributed by atoms with Gasteiger partial charge in [0.05, 0.1) is 20.6 Å². The third kappa shape index (κ3) is 8.54. The molecule has 3 aromatic carbocycles. The summed E-state index contributed by atoms with van der Waals surface area (Å²) >= 11 is 0.981. The largest absolute Gasteiger partial charge is 0.416 e. The maximum atomic E-state index is 14.8. The summed E-state index contributed by atoms with van der Waals surface area (Å²) in [5.74, 6) is -1.74. The molecule has 4 aromatic rings. The second kappa shape index (κ2) is 15.5. The molecular weight excluding hydrogens is 640 g/mol. The van der Waals surface area contributed by atoms with Crippen molar-refractivity contribution in [1.82, 2.24) is 19.4 Å². The lowest BCUT2D eigenvalue weighted by atomic mass is 9.98. The maximum Gasteiger partial charge on any atom is 0.416 e. The summed E-state index contributed by atoms with van der Waals surface area (Å²) in [7, 11) is 0. The second-order valence-corrected chi connectivity index (χ2v) is 11.7. The Labute approximate surface area is 301 Å². The van der Waals surface area contributed by atoms with Crippen LogP contribution in [0.15, 0.2) is 76.5 Å². The number of carbonyl (C=O) groups is 1. The number of thioether (sulfide) groups is 1. The molecular formula is C37H40F4N4O2S. The highest BCUT2D eigenvalue weighted by molar-refractivity contribution is 7.98. The molecule has 0 radical (unpaired) electrons. The molecule has 0 atom stereocenters. The van der Waals surface area contributed by atoms with Crippen LogP contribution >= 0.6 is 11.8 Å². The van der Waals surface area contributed by atoms with Gasteiger partial charge < -0.3 is 14.4 Å². The zero-order valence-electron chi connectivity index (χ0n) is 39.3. The molecule has 0 unspecified atom stereocenters. The lowest BCUT2D eigenvalue weighted by Gasteiger charge is -2.28. The minimum absolute atomic E-state index is 0.0300. The Hall–Kier alpha value is -3.96. The number of rotatable bonds is 13. The summed E-state index contributed by atoms with van der Waals surface area (Å²) in [6.45, 7) is -7.72. The third-order valence-electron chi connectivity index (χ3n) is 7.52. The van der Waals surface area contributed by atoms with Crippen LogP contribution in [0.4, 0.5) is 17.6 Å². The van der Waals surface area contributed by atoms with Gasteiger partial charge in [-0.15, -0.1) is 0 Å². The first-order valence-electron chi connectivity index (χ1n) is 21.4. The van der Waals surface area contributed by atoms with Crippen LogP contribution in [0.5, 0.6) is 0 Å². The van der Waals surface area contributed by atoms with E-state index in [1.54, 1.807) is 0 Å². The Bertz CT molecular complexity index is 2390. The number of aromatic nitrogens is 2. The molecule has 1 aliphatic carbocycles. The fourth-order valence-corrected chi connectivity index (χ4v) is 5.97. The van der Waals surface area contributed by atoms with E-state index in [1.165, 1.54) is 35.8 Å². The average molecular weight is 694 g/mol. The van der Waals surface area contributed by atoms with E-state index in [4.69, 9.17) is 12.3 Å². The number of hydrogen-bond donors (Lipinski definition) is 0. The predicted octanol–water partition coefficient (Wildman–Crippen LogP) is 7.53. The number of nitrogens with zero attached hydrogens (tertiary/aromatic N) is 4. The van der Waals surface area contributed by atoms with E-state index in [0.717, 1.165) is 30.5 Å². The van der Waals surface area contributed by atoms with Crippen molar-refractivity contribution in [3.05, 3.63) is 116 Å². The minimum Gasteiger partial charge on any atom is -0.336 e. The number of halogens is 4. The highest BCUT2D eigenvalue weighted by Gasteiger charge is 2.32. The first-order valence-corrected chi connectivity index (χ1v) is 15.9. The predicted molar refractivity (Wildman–Crippen MR) is 181 cm³/mol. The Morgan fingerprint density at radius 3 is 2.42 bits per heavy atom. The lowest BCUT2D eigenvalue weighted by molar-refractivity contribution is -0.138. The van der Waals surface area contributed by atoms with Crippen LogP contribution in [-0.4, -0.2) is 51.3 Å². The molecule has 0 saturated heterocycles. The molecule has 0 saturated carbocycles. The summed E-state index contributed by atoms with van der Waals surface area (Å²) in [5.41, 5.74) is -4.84. The van der Waals surface area contributed by atoms with E-state index in [9.17, 15) is 32.6 Å². The fourth-order valence-electron chi connectivity index (χ4n) is 5.00. The van der Waals surface area contributed by atoms with E-state index >= 15 is 0 Å². The van der Waals surface area contributed by atoms with Gasteiger partial charge in [0.2, 0.25) is 5.91 Å². The van der Waals surface area contributed by atoms with Crippen molar-refractivity contribution >= 4 is 17.7 Å². The van der Waals surface area contributed by atoms with Gasteiger partial charge in [-0.2, -0.15) is 18.2 Å². The van der Waals surface area contributed by atoms with Crippen molar-refractivity contribution in [2.45, 2.75) is 70.2 Å². The maximum absolute atomic E-state index is 14.8. The Morgan fingerprint density at radius 1 is 1.04 bits per heavy atom. The minimum atomic E-state index is -5.17. The van der Waals surface area contributed by atoms with Crippen molar-refractivity contribution < 1.29 is 40.2 Å². The van der Waals surface area contributed by atoms with Gasteiger partial charge in [0.1, 0.15) is 12.4 Å². The SMILES string of the molecule is [2H]c1c([2H])c(C([2H])([2H])N(C(=O)Cn2c(SCc3ccc(F)cc3)nc(=O)c3c2CCC3)C([2H])([2H])CN(CC)C([2H])([2H])C)c([2H])c([2H])c1-c1c([2H])c([2H])c(C(F)(F)F)c(C)c1[2H]. The van der Waals surface area contributed by atoms with Gasteiger partial charge in [-0.1, -0.05) is 74.0 Å². The van der Waals surface area contributed by atoms with Crippen LogP contribution in [0.25, 0.3) is 11.1 Å². The van der Waals surface area contributed by atoms with Crippen molar-refractivity contribution in [3.8, 4) is 11.1 Å². The number of benzene rings is 3. The molecule has 1 heterocycles. The zero-order chi connectivity index (χ0) is 45.9. The number of alkyl halides is 3. The molecule has 1 aromatic heterocycles. The van der Waals surface area contributed by atoms with E-state index in [1.807, 2.05) is 0 Å². The smallest absolute Gasteiger partial charge is 0.336 e. The van der Waals surface area contributed by atoms with Crippen molar-refractivity contribution in [2.75, 3.05) is 26.1 Å². The number of likely N-dealkylation sites (N-methyl/N-ethyl adjacent to an activating group) is 1. The molecule has 0 fully saturated rings. The molecule has 11 heteroatoms. The zero-order valence-corrected chi connectivity index (χ0v) is 27.1. The monoisotopic (exact) mass is 693 g/mol. The van der Waals surface area contributed by atoms with Gasteiger partial charge in [0.25, 0.3) is 5.56 Å². The normalized spacial score (nSPS) is 17.6. The van der Waals surface area contributed by atoms with E-state index in [0.29, 0.717) is 17.7 Å². The highest BCUT2D eigenvalue weighted by atomic mass is 32.2. The lowest BCUT2D eigenvalue weighted by Crippen LogP contribution is -2.40. The first-order chi connectivity index (χ1) is 28.1. The van der Waals surface area contributed by atoms with Gasteiger partial charge in [0.15, 0.2) is 5.16 Å². The Balaban J connectivity index is 1.72. The van der Waals surface area contributed by atoms with Gasteiger partial charge >= 0.3 is 6.18 Å². The molecule has 6 nitrogen and oxygen atoms in total. The third-order valence-corrected chi connectivity index (χ3v) is 8.57. The molecule has 48 heavy (non-hydrogen) atoms. The molecule has 5 rings (SSSR count). The van der Waals surface area contributed by atoms with E-state index in [-0.39, 0.29) is 40.8 Å². The molecule has 0 spiro atoms. The second-order valence-electron chi connectivity index (χ2n) is 10.7. The number of carbonyl (C=O) groups excluding carboxylic acids is 1. The molecule has 0 aliphatic heterocycles. The Kier molecular flexibility index (Phi) is 7.07. The molecule has 0 bridgehead atoms. The summed E-state index contributed by atoms with van der Waals surface area (Å²) in [5, 5.41) is -0.0314. The van der Waals surface area contributed by atoms with Crippen LogP contribution in [0.3, 0.4) is 0 Å². The summed E-state index contributed by atoms with van der Waals surface area (Å²) in [4.78, 5) is 33.0. The molecule has 1 aliphatic rings. The summed E-state index contributed by atoms with van der Waals surface area (Å²) in [6, 6.07) is -3.13. The quantitative estimate of drug-likeness (QED) is 0.0824. The van der Waals surface area contributed by atoms with Crippen LogP contribution in [0.2, 0.25) is 0 Å². The van der Waals surface area contributed by atoms with E-state index in [2.05, 4.69) is 4.98 Å². The number of fused-ring (bicyclic) bond motifs is 1. The van der Waals surface area contributed by atoms with Crippen molar-refractivity contribution in [3.63, 3.8) is 0 Å².